The summed E-state index contributed by atoms with van der Waals surface area (Å²) in [5.74, 6) is -0.0388. The van der Waals surface area contributed by atoms with Crippen LogP contribution in [-0.2, 0) is 23.7 Å². The highest BCUT2D eigenvalue weighted by Crippen LogP contribution is 2.30. The quantitative estimate of drug-likeness (QED) is 0.738. The van der Waals surface area contributed by atoms with E-state index >= 15 is 0 Å². The molecule has 130 valence electrons. The highest BCUT2D eigenvalue weighted by atomic mass is 16.7. The standard InChI is InChI=1S/C16H31NO5/c1-7-19-9-13-15(20-8-2)11(5)14(17-12(6)18)16(22-13)21-10(3)4/h10-11,13-16H,7-9H2,1-6H3,(H,17,18)/t11?,13?,14-,15+,16-/m0/s1. The second-order valence-corrected chi connectivity index (χ2v) is 5.89. The minimum absolute atomic E-state index is 0.00449. The molecule has 22 heavy (non-hydrogen) atoms. The highest BCUT2D eigenvalue weighted by molar-refractivity contribution is 5.73. The maximum absolute atomic E-state index is 11.5. The maximum Gasteiger partial charge on any atom is 0.217 e. The van der Waals surface area contributed by atoms with E-state index in [-0.39, 0.29) is 36.2 Å². The van der Waals surface area contributed by atoms with E-state index in [0.29, 0.717) is 19.8 Å². The van der Waals surface area contributed by atoms with Gasteiger partial charge in [0.15, 0.2) is 6.29 Å². The summed E-state index contributed by atoms with van der Waals surface area (Å²) < 4.78 is 23.3. The van der Waals surface area contributed by atoms with Crippen molar-refractivity contribution in [3.8, 4) is 0 Å². The van der Waals surface area contributed by atoms with Gasteiger partial charge in [0, 0.05) is 26.1 Å². The molecule has 1 fully saturated rings. The zero-order valence-corrected chi connectivity index (χ0v) is 14.6. The van der Waals surface area contributed by atoms with Crippen molar-refractivity contribution in [1.29, 1.82) is 0 Å². The Labute approximate surface area is 133 Å². The molecule has 2 unspecified atom stereocenters. The summed E-state index contributed by atoms with van der Waals surface area (Å²) in [6, 6.07) is -0.241. The van der Waals surface area contributed by atoms with Crippen molar-refractivity contribution in [1.82, 2.24) is 5.32 Å². The molecule has 5 atom stereocenters. The summed E-state index contributed by atoms with van der Waals surface area (Å²) >= 11 is 0. The molecule has 0 aromatic carbocycles. The molecule has 6 heteroatoms. The van der Waals surface area contributed by atoms with Gasteiger partial charge in [-0.1, -0.05) is 6.92 Å². The lowest BCUT2D eigenvalue weighted by atomic mass is 9.88. The van der Waals surface area contributed by atoms with Gasteiger partial charge < -0.3 is 24.3 Å². The van der Waals surface area contributed by atoms with Crippen LogP contribution in [0.5, 0.6) is 0 Å². The molecular weight excluding hydrogens is 286 g/mol. The number of ether oxygens (including phenoxy) is 4. The van der Waals surface area contributed by atoms with Crippen molar-refractivity contribution >= 4 is 5.91 Å². The van der Waals surface area contributed by atoms with Gasteiger partial charge in [-0.3, -0.25) is 4.79 Å². The molecule has 1 amide bonds. The smallest absolute Gasteiger partial charge is 0.217 e. The molecule has 0 aromatic rings. The van der Waals surface area contributed by atoms with Crippen molar-refractivity contribution < 1.29 is 23.7 Å². The first-order chi connectivity index (χ1) is 10.4. The lowest BCUT2D eigenvalue weighted by Gasteiger charge is -2.45. The van der Waals surface area contributed by atoms with Gasteiger partial charge in [0.05, 0.1) is 24.9 Å². The third-order valence-electron chi connectivity index (χ3n) is 3.67. The van der Waals surface area contributed by atoms with Gasteiger partial charge in [-0.2, -0.15) is 0 Å². The van der Waals surface area contributed by atoms with Gasteiger partial charge in [-0.15, -0.1) is 0 Å². The van der Waals surface area contributed by atoms with Gasteiger partial charge in [-0.05, 0) is 27.7 Å². The molecule has 0 bridgehead atoms. The number of amides is 1. The Morgan fingerprint density at radius 3 is 2.45 bits per heavy atom. The van der Waals surface area contributed by atoms with Crippen LogP contribution in [0.2, 0.25) is 0 Å². The molecule has 6 nitrogen and oxygen atoms in total. The monoisotopic (exact) mass is 317 g/mol. The van der Waals surface area contributed by atoms with E-state index in [1.165, 1.54) is 6.92 Å². The molecule has 0 spiro atoms. The Morgan fingerprint density at radius 2 is 1.95 bits per heavy atom. The van der Waals surface area contributed by atoms with Crippen molar-refractivity contribution in [2.45, 2.75) is 72.2 Å². The van der Waals surface area contributed by atoms with Crippen LogP contribution in [0.25, 0.3) is 0 Å². The van der Waals surface area contributed by atoms with Crippen molar-refractivity contribution in [2.75, 3.05) is 19.8 Å². The molecule has 0 saturated carbocycles. The van der Waals surface area contributed by atoms with Crippen LogP contribution in [0.3, 0.4) is 0 Å². The van der Waals surface area contributed by atoms with Gasteiger partial charge in [0.1, 0.15) is 6.10 Å². The Bertz CT molecular complexity index is 336. The van der Waals surface area contributed by atoms with Crippen LogP contribution in [0.15, 0.2) is 0 Å². The SMILES string of the molecule is CCOCC1O[C@H](OC(C)C)[C@@H](NC(C)=O)C(C)[C@H]1OCC. The van der Waals surface area contributed by atoms with Crippen LogP contribution in [0.1, 0.15) is 41.5 Å². The van der Waals surface area contributed by atoms with Gasteiger partial charge in [0.25, 0.3) is 0 Å². The minimum atomic E-state index is -0.499. The molecule has 1 N–H and O–H groups in total. The minimum Gasteiger partial charge on any atom is -0.379 e. The topological polar surface area (TPSA) is 66.0 Å². The summed E-state index contributed by atoms with van der Waals surface area (Å²) in [5.41, 5.74) is 0. The predicted molar refractivity (Wildman–Crippen MR) is 83.6 cm³/mol. The number of rotatable bonds is 8. The average molecular weight is 317 g/mol. The zero-order chi connectivity index (χ0) is 16.7. The molecule has 0 aliphatic carbocycles. The van der Waals surface area contributed by atoms with Crippen molar-refractivity contribution in [3.05, 3.63) is 0 Å². The normalized spacial score (nSPS) is 32.2. The number of carbonyl (C=O) groups is 1. The third-order valence-corrected chi connectivity index (χ3v) is 3.67. The molecule has 0 radical (unpaired) electrons. The second-order valence-electron chi connectivity index (χ2n) is 5.89. The molecular formula is C16H31NO5. The van der Waals surface area contributed by atoms with E-state index in [4.69, 9.17) is 18.9 Å². The summed E-state index contributed by atoms with van der Waals surface area (Å²) in [6.45, 7) is 13.0. The van der Waals surface area contributed by atoms with Crippen molar-refractivity contribution in [3.63, 3.8) is 0 Å². The van der Waals surface area contributed by atoms with E-state index in [1.54, 1.807) is 0 Å². The first kappa shape index (κ1) is 19.4. The number of carbonyl (C=O) groups excluding carboxylic acids is 1. The van der Waals surface area contributed by atoms with E-state index in [9.17, 15) is 4.79 Å². The highest BCUT2D eigenvalue weighted by Gasteiger charge is 2.45. The number of hydrogen-bond acceptors (Lipinski definition) is 5. The lowest BCUT2D eigenvalue weighted by Crippen LogP contribution is -2.62. The fourth-order valence-corrected chi connectivity index (χ4v) is 2.76. The second kappa shape index (κ2) is 9.45. The van der Waals surface area contributed by atoms with Crippen LogP contribution < -0.4 is 5.32 Å². The molecule has 0 aromatic heterocycles. The Morgan fingerprint density at radius 1 is 1.27 bits per heavy atom. The van der Waals surface area contributed by atoms with E-state index in [1.807, 2.05) is 27.7 Å². The Hall–Kier alpha value is -0.690. The van der Waals surface area contributed by atoms with E-state index in [0.717, 1.165) is 0 Å². The van der Waals surface area contributed by atoms with E-state index in [2.05, 4.69) is 12.2 Å². The number of hydrogen-bond donors (Lipinski definition) is 1. The average Bonchev–Trinajstić information content (AvgIpc) is 2.43. The first-order valence-corrected chi connectivity index (χ1v) is 8.18. The summed E-state index contributed by atoms with van der Waals surface area (Å²) in [7, 11) is 0. The largest absolute Gasteiger partial charge is 0.379 e. The maximum atomic E-state index is 11.5. The Kier molecular flexibility index (Phi) is 8.31. The summed E-state index contributed by atoms with van der Waals surface area (Å²) in [4.78, 5) is 11.5. The predicted octanol–water partition coefficient (Wildman–Crippen LogP) is 1.72. The molecule has 1 aliphatic heterocycles. The van der Waals surface area contributed by atoms with Crippen LogP contribution >= 0.6 is 0 Å². The summed E-state index contributed by atoms with van der Waals surface area (Å²) in [6.07, 6.45) is -0.838. The van der Waals surface area contributed by atoms with Crippen LogP contribution in [-0.4, -0.2) is 56.4 Å². The van der Waals surface area contributed by atoms with E-state index < -0.39 is 6.29 Å². The fourth-order valence-electron chi connectivity index (χ4n) is 2.76. The van der Waals surface area contributed by atoms with Gasteiger partial charge >= 0.3 is 0 Å². The van der Waals surface area contributed by atoms with Crippen LogP contribution in [0.4, 0.5) is 0 Å². The van der Waals surface area contributed by atoms with Gasteiger partial charge in [-0.25, -0.2) is 0 Å². The number of nitrogens with one attached hydrogen (secondary N) is 1. The molecule has 1 heterocycles. The first-order valence-electron chi connectivity index (χ1n) is 8.18. The van der Waals surface area contributed by atoms with Crippen molar-refractivity contribution in [2.24, 2.45) is 5.92 Å². The van der Waals surface area contributed by atoms with Crippen LogP contribution in [0, 0.1) is 5.92 Å². The molecule has 1 rings (SSSR count). The molecule has 1 saturated heterocycles. The molecule has 1 aliphatic rings. The lowest BCUT2D eigenvalue weighted by molar-refractivity contribution is -0.275. The summed E-state index contributed by atoms with van der Waals surface area (Å²) in [5, 5.41) is 2.94. The third kappa shape index (κ3) is 5.50. The van der Waals surface area contributed by atoms with Gasteiger partial charge in [0.2, 0.25) is 5.91 Å². The Balaban J connectivity index is 2.91. The fraction of sp³-hybridized carbons (Fsp3) is 0.938. The zero-order valence-electron chi connectivity index (χ0n) is 14.6.